The van der Waals surface area contributed by atoms with Gasteiger partial charge in [0.05, 0.1) is 13.2 Å². The normalized spacial score (nSPS) is 42.5. The Bertz CT molecular complexity index is 184. The van der Waals surface area contributed by atoms with Crippen LogP contribution in [-0.2, 0) is 14.2 Å². The Morgan fingerprint density at radius 3 is 2.08 bits per heavy atom. The van der Waals surface area contributed by atoms with Crippen LogP contribution in [0.2, 0.25) is 0 Å². The molecule has 0 aromatic heterocycles. The molecule has 3 nitrogen and oxygen atoms in total. The lowest BCUT2D eigenvalue weighted by Gasteiger charge is -2.35. The van der Waals surface area contributed by atoms with E-state index in [2.05, 4.69) is 0 Å². The van der Waals surface area contributed by atoms with Gasteiger partial charge in [0.1, 0.15) is 12.2 Å². The van der Waals surface area contributed by atoms with Crippen molar-refractivity contribution in [3.05, 3.63) is 0 Å². The highest BCUT2D eigenvalue weighted by Gasteiger charge is 2.47. The highest BCUT2D eigenvalue weighted by atomic mass is 16.7. The van der Waals surface area contributed by atoms with Crippen molar-refractivity contribution in [2.24, 2.45) is 0 Å². The molecule has 2 saturated heterocycles. The van der Waals surface area contributed by atoms with E-state index in [0.717, 1.165) is 26.1 Å². The maximum atomic E-state index is 5.84. The molecule has 3 rings (SSSR count). The lowest BCUT2D eigenvalue weighted by atomic mass is 9.94. The molecule has 3 aliphatic rings. The van der Waals surface area contributed by atoms with E-state index < -0.39 is 0 Å². The van der Waals surface area contributed by atoms with Gasteiger partial charge in [0.2, 0.25) is 0 Å². The molecule has 0 aromatic carbocycles. The molecule has 0 bridgehead atoms. The van der Waals surface area contributed by atoms with Gasteiger partial charge in [0, 0.05) is 12.8 Å². The molecule has 0 amide bonds. The van der Waals surface area contributed by atoms with E-state index in [0.29, 0.717) is 12.2 Å². The summed E-state index contributed by atoms with van der Waals surface area (Å²) in [7, 11) is 0. The van der Waals surface area contributed by atoms with Crippen LogP contribution in [0, 0.1) is 0 Å². The van der Waals surface area contributed by atoms with Crippen LogP contribution in [0.1, 0.15) is 32.1 Å². The molecule has 1 spiro atoms. The second-order valence-electron chi connectivity index (χ2n) is 4.31. The Balaban J connectivity index is 1.68. The summed E-state index contributed by atoms with van der Waals surface area (Å²) in [6.45, 7) is 1.48. The smallest absolute Gasteiger partial charge is 0.168 e. The Morgan fingerprint density at radius 1 is 0.846 bits per heavy atom. The Labute approximate surface area is 78.3 Å². The van der Waals surface area contributed by atoms with Crippen molar-refractivity contribution >= 4 is 0 Å². The monoisotopic (exact) mass is 184 g/mol. The minimum Gasteiger partial charge on any atom is -0.365 e. The average Bonchev–Trinajstić information content (AvgIpc) is 2.92. The first kappa shape index (κ1) is 8.21. The maximum absolute atomic E-state index is 5.84. The summed E-state index contributed by atoms with van der Waals surface area (Å²) in [6.07, 6.45) is 6.64. The van der Waals surface area contributed by atoms with E-state index in [-0.39, 0.29) is 5.79 Å². The van der Waals surface area contributed by atoms with Crippen LogP contribution in [0.25, 0.3) is 0 Å². The zero-order valence-corrected chi connectivity index (χ0v) is 7.83. The van der Waals surface area contributed by atoms with Gasteiger partial charge >= 0.3 is 0 Å². The van der Waals surface area contributed by atoms with Gasteiger partial charge in [-0.15, -0.1) is 0 Å². The summed E-state index contributed by atoms with van der Waals surface area (Å²) in [4.78, 5) is 0. The summed E-state index contributed by atoms with van der Waals surface area (Å²) >= 11 is 0. The topological polar surface area (TPSA) is 31.0 Å². The lowest BCUT2D eigenvalue weighted by Crippen LogP contribution is -2.38. The summed E-state index contributed by atoms with van der Waals surface area (Å²) in [6, 6.07) is 0. The molecule has 2 atom stereocenters. The first-order valence-corrected chi connectivity index (χ1v) is 5.31. The van der Waals surface area contributed by atoms with Gasteiger partial charge in [-0.25, -0.2) is 0 Å². The molecule has 3 heteroatoms. The third kappa shape index (κ3) is 1.49. The van der Waals surface area contributed by atoms with Gasteiger partial charge in [0.25, 0.3) is 0 Å². The van der Waals surface area contributed by atoms with Crippen molar-refractivity contribution in [3.63, 3.8) is 0 Å². The van der Waals surface area contributed by atoms with Gasteiger partial charge in [-0.2, -0.15) is 0 Å². The molecule has 2 aliphatic heterocycles. The fraction of sp³-hybridized carbons (Fsp3) is 1.00. The average molecular weight is 184 g/mol. The van der Waals surface area contributed by atoms with Gasteiger partial charge < -0.3 is 14.2 Å². The molecule has 0 radical (unpaired) electrons. The molecule has 1 saturated carbocycles. The molecule has 0 aromatic rings. The van der Waals surface area contributed by atoms with E-state index in [1.165, 1.54) is 19.3 Å². The van der Waals surface area contributed by atoms with Crippen LogP contribution in [0.4, 0.5) is 0 Å². The largest absolute Gasteiger partial charge is 0.365 e. The Morgan fingerprint density at radius 2 is 1.46 bits per heavy atom. The van der Waals surface area contributed by atoms with Gasteiger partial charge in [0.15, 0.2) is 5.79 Å². The van der Waals surface area contributed by atoms with Gasteiger partial charge in [-0.3, -0.25) is 0 Å². The van der Waals surface area contributed by atoms with E-state index >= 15 is 0 Å². The first-order chi connectivity index (χ1) is 6.38. The van der Waals surface area contributed by atoms with E-state index in [4.69, 9.17) is 14.2 Å². The lowest BCUT2D eigenvalue weighted by molar-refractivity contribution is -0.251. The fourth-order valence-corrected chi connectivity index (χ4v) is 2.36. The summed E-state index contributed by atoms with van der Waals surface area (Å²) in [5.74, 6) is -0.227. The second kappa shape index (κ2) is 2.94. The molecule has 13 heavy (non-hydrogen) atoms. The van der Waals surface area contributed by atoms with Crippen molar-refractivity contribution < 1.29 is 14.2 Å². The number of epoxide rings is 1. The molecular weight excluding hydrogens is 168 g/mol. The van der Waals surface area contributed by atoms with Gasteiger partial charge in [-0.05, 0) is 12.8 Å². The fourth-order valence-electron chi connectivity index (χ4n) is 2.36. The second-order valence-corrected chi connectivity index (χ2v) is 4.31. The number of hydrogen-bond donors (Lipinski definition) is 0. The third-order valence-electron chi connectivity index (χ3n) is 3.32. The third-order valence-corrected chi connectivity index (χ3v) is 3.32. The highest BCUT2D eigenvalue weighted by molar-refractivity contribution is 4.90. The minimum absolute atomic E-state index is 0.227. The molecule has 1 aliphatic carbocycles. The standard InChI is InChI=1S/C10H16O3/c1-2-4-10(5-3-1)11-6-8-9(13-8)7-12-10/h8-9H,1-7H2/t8-,9+. The van der Waals surface area contributed by atoms with Gasteiger partial charge in [-0.1, -0.05) is 6.42 Å². The molecule has 74 valence electrons. The van der Waals surface area contributed by atoms with Crippen molar-refractivity contribution in [1.82, 2.24) is 0 Å². The number of ether oxygens (including phenoxy) is 3. The van der Waals surface area contributed by atoms with Crippen molar-refractivity contribution in [2.45, 2.75) is 50.1 Å². The van der Waals surface area contributed by atoms with Crippen LogP contribution in [0.5, 0.6) is 0 Å². The zero-order chi connectivity index (χ0) is 8.73. The quantitative estimate of drug-likeness (QED) is 0.534. The SMILES string of the molecule is C1CCC2(CC1)OC[C@@H]1O[C@@H]1CO2. The first-order valence-electron chi connectivity index (χ1n) is 5.31. The molecule has 0 unspecified atom stereocenters. The van der Waals surface area contributed by atoms with Crippen molar-refractivity contribution in [3.8, 4) is 0 Å². The highest BCUT2D eigenvalue weighted by Crippen LogP contribution is 2.38. The predicted molar refractivity (Wildman–Crippen MR) is 46.4 cm³/mol. The molecule has 0 N–H and O–H groups in total. The number of fused-ring (bicyclic) bond motifs is 1. The van der Waals surface area contributed by atoms with Crippen molar-refractivity contribution in [1.29, 1.82) is 0 Å². The van der Waals surface area contributed by atoms with E-state index in [1.54, 1.807) is 0 Å². The van der Waals surface area contributed by atoms with E-state index in [9.17, 15) is 0 Å². The summed E-state index contributed by atoms with van der Waals surface area (Å²) in [5, 5.41) is 0. The number of hydrogen-bond acceptors (Lipinski definition) is 3. The van der Waals surface area contributed by atoms with Crippen LogP contribution < -0.4 is 0 Å². The minimum atomic E-state index is -0.227. The molecule has 2 heterocycles. The molecule has 3 fully saturated rings. The predicted octanol–water partition coefficient (Wildman–Crippen LogP) is 1.46. The van der Waals surface area contributed by atoms with E-state index in [1.807, 2.05) is 0 Å². The molecular formula is C10H16O3. The van der Waals surface area contributed by atoms with Crippen molar-refractivity contribution in [2.75, 3.05) is 13.2 Å². The van der Waals surface area contributed by atoms with Crippen LogP contribution in [0.15, 0.2) is 0 Å². The summed E-state index contributed by atoms with van der Waals surface area (Å²) < 4.78 is 17.0. The Hall–Kier alpha value is -0.120. The van der Waals surface area contributed by atoms with Crippen LogP contribution in [-0.4, -0.2) is 31.2 Å². The zero-order valence-electron chi connectivity index (χ0n) is 7.83. The maximum Gasteiger partial charge on any atom is 0.168 e. The summed E-state index contributed by atoms with van der Waals surface area (Å²) in [5.41, 5.74) is 0. The van der Waals surface area contributed by atoms with Crippen LogP contribution in [0.3, 0.4) is 0 Å². The van der Waals surface area contributed by atoms with Crippen LogP contribution >= 0.6 is 0 Å². The Kier molecular flexibility index (Phi) is 1.86. The number of rotatable bonds is 0.